The number of nitro groups is 1. The summed E-state index contributed by atoms with van der Waals surface area (Å²) in [5.41, 5.74) is 0.815. The Hall–Kier alpha value is -2.35. The molecule has 4 rings (SSSR count). The predicted molar refractivity (Wildman–Crippen MR) is 86.2 cm³/mol. The Labute approximate surface area is 144 Å². The molecule has 0 bridgehead atoms. The van der Waals surface area contributed by atoms with Crippen molar-refractivity contribution in [3.63, 3.8) is 0 Å². The number of nitrogens with zero attached hydrogens (tertiary/aromatic N) is 1. The van der Waals surface area contributed by atoms with Gasteiger partial charge in [0, 0.05) is 36.5 Å². The Kier molecular flexibility index (Phi) is 3.99. The van der Waals surface area contributed by atoms with Gasteiger partial charge in [0.15, 0.2) is 11.5 Å². The molecule has 1 aromatic carbocycles. The van der Waals surface area contributed by atoms with Crippen molar-refractivity contribution in [2.24, 2.45) is 5.92 Å². The van der Waals surface area contributed by atoms with Gasteiger partial charge in [0.25, 0.3) is 0 Å². The largest absolute Gasteiger partial charge is 0.454 e. The van der Waals surface area contributed by atoms with E-state index in [1.165, 1.54) is 0 Å². The lowest BCUT2D eigenvalue weighted by molar-refractivity contribution is -0.497. The predicted octanol–water partition coefficient (Wildman–Crippen LogP) is 1.24. The van der Waals surface area contributed by atoms with Crippen LogP contribution >= 0.6 is 0 Å². The zero-order chi connectivity index (χ0) is 17.4. The molecule has 1 amide bonds. The van der Waals surface area contributed by atoms with Crippen LogP contribution in [-0.4, -0.2) is 43.4 Å². The second-order valence-electron chi connectivity index (χ2n) is 6.87. The molecule has 2 atom stereocenters. The highest BCUT2D eigenvalue weighted by molar-refractivity contribution is 5.82. The second kappa shape index (κ2) is 6.18. The highest BCUT2D eigenvalue weighted by atomic mass is 16.7. The summed E-state index contributed by atoms with van der Waals surface area (Å²) in [5.74, 6) is 0.712. The molecule has 2 heterocycles. The second-order valence-corrected chi connectivity index (χ2v) is 6.87. The Morgan fingerprint density at radius 2 is 2.04 bits per heavy atom. The van der Waals surface area contributed by atoms with Gasteiger partial charge in [-0.2, -0.15) is 0 Å². The van der Waals surface area contributed by atoms with E-state index in [2.05, 4.69) is 5.32 Å². The van der Waals surface area contributed by atoms with Gasteiger partial charge in [0.1, 0.15) is 5.92 Å². The van der Waals surface area contributed by atoms with Crippen molar-refractivity contribution in [1.29, 1.82) is 0 Å². The van der Waals surface area contributed by atoms with Gasteiger partial charge < -0.3 is 19.5 Å². The summed E-state index contributed by atoms with van der Waals surface area (Å²) in [6.07, 6.45) is 1.88. The topological polar surface area (TPSA) is 99.9 Å². The number of fused-ring (bicyclic) bond motifs is 1. The van der Waals surface area contributed by atoms with Gasteiger partial charge in [-0.3, -0.25) is 14.9 Å². The van der Waals surface area contributed by atoms with Crippen LogP contribution in [0.3, 0.4) is 0 Å². The van der Waals surface area contributed by atoms with Crippen molar-refractivity contribution in [3.8, 4) is 11.5 Å². The van der Waals surface area contributed by atoms with E-state index in [9.17, 15) is 14.9 Å². The summed E-state index contributed by atoms with van der Waals surface area (Å²) in [6.45, 7) is 1.89. The van der Waals surface area contributed by atoms with E-state index in [-0.39, 0.29) is 23.0 Å². The quantitative estimate of drug-likeness (QED) is 0.635. The molecule has 8 heteroatoms. The molecule has 2 aliphatic heterocycles. The molecule has 0 radical (unpaired) electrons. The highest BCUT2D eigenvalue weighted by Gasteiger charge is 2.53. The molecule has 25 heavy (non-hydrogen) atoms. The first-order chi connectivity index (χ1) is 12.1. The molecule has 1 saturated carbocycles. The number of nitrogens with one attached hydrogen (secondary N) is 1. The molecular weight excluding hydrogens is 328 g/mol. The van der Waals surface area contributed by atoms with E-state index >= 15 is 0 Å². The van der Waals surface area contributed by atoms with Crippen molar-refractivity contribution in [1.82, 2.24) is 5.32 Å². The fraction of sp³-hybridized carbons (Fsp3) is 0.588. The van der Waals surface area contributed by atoms with Gasteiger partial charge in [-0.15, -0.1) is 0 Å². The van der Waals surface area contributed by atoms with Gasteiger partial charge in [-0.05, 0) is 30.5 Å². The molecule has 0 spiro atoms. The third-order valence-corrected chi connectivity index (χ3v) is 5.40. The molecule has 1 saturated heterocycles. The fourth-order valence-electron chi connectivity index (χ4n) is 3.64. The first-order valence-corrected chi connectivity index (χ1v) is 8.48. The van der Waals surface area contributed by atoms with Gasteiger partial charge in [0.2, 0.25) is 18.7 Å². The van der Waals surface area contributed by atoms with Gasteiger partial charge in [-0.25, -0.2) is 0 Å². The molecule has 1 aliphatic carbocycles. The minimum Gasteiger partial charge on any atom is -0.454 e. The Morgan fingerprint density at radius 1 is 1.28 bits per heavy atom. The molecular formula is C17H20N2O6. The number of rotatable bonds is 5. The van der Waals surface area contributed by atoms with E-state index in [0.29, 0.717) is 31.9 Å². The van der Waals surface area contributed by atoms with E-state index < -0.39 is 12.0 Å². The van der Waals surface area contributed by atoms with Gasteiger partial charge >= 0.3 is 0 Å². The molecule has 0 aromatic heterocycles. The minimum atomic E-state index is -0.726. The van der Waals surface area contributed by atoms with Crippen LogP contribution in [0.2, 0.25) is 0 Å². The molecule has 0 unspecified atom stereocenters. The van der Waals surface area contributed by atoms with Crippen molar-refractivity contribution in [3.05, 3.63) is 33.9 Å². The summed E-state index contributed by atoms with van der Waals surface area (Å²) < 4.78 is 16.3. The van der Waals surface area contributed by atoms with Crippen LogP contribution in [0, 0.1) is 16.0 Å². The normalized spacial score (nSPS) is 26.1. The number of amides is 1. The maximum Gasteiger partial charge on any atom is 0.231 e. The zero-order valence-electron chi connectivity index (χ0n) is 13.7. The van der Waals surface area contributed by atoms with Crippen molar-refractivity contribution < 1.29 is 23.9 Å². The van der Waals surface area contributed by atoms with E-state index in [1.54, 1.807) is 0 Å². The Bertz CT molecular complexity index is 700. The number of hydrogen-bond acceptors (Lipinski definition) is 6. The maximum atomic E-state index is 12.2. The van der Waals surface area contributed by atoms with Crippen LogP contribution < -0.4 is 14.8 Å². The smallest absolute Gasteiger partial charge is 0.231 e. The zero-order valence-corrected chi connectivity index (χ0v) is 13.7. The number of ether oxygens (including phenoxy) is 3. The SMILES string of the molecule is O=C(NCC1(c2ccc3c(c2)OCO3)CCOCC1)[C@@H]1C[C@H]1[N+](=O)[O-]. The average molecular weight is 348 g/mol. The summed E-state index contributed by atoms with van der Waals surface area (Å²) in [7, 11) is 0. The summed E-state index contributed by atoms with van der Waals surface area (Å²) in [5, 5.41) is 13.7. The first kappa shape index (κ1) is 16.1. The molecule has 134 valence electrons. The van der Waals surface area contributed by atoms with Gasteiger partial charge in [0.05, 0.1) is 0 Å². The van der Waals surface area contributed by atoms with Crippen LogP contribution in [0.1, 0.15) is 24.8 Å². The summed E-state index contributed by atoms with van der Waals surface area (Å²) in [6, 6.07) is 5.13. The average Bonchev–Trinajstić information content (AvgIpc) is 3.31. The molecule has 8 nitrogen and oxygen atoms in total. The van der Waals surface area contributed by atoms with Gasteiger partial charge in [-0.1, -0.05) is 6.07 Å². The van der Waals surface area contributed by atoms with Crippen LogP contribution in [0.5, 0.6) is 11.5 Å². The van der Waals surface area contributed by atoms with Crippen LogP contribution in [0.15, 0.2) is 18.2 Å². The fourth-order valence-corrected chi connectivity index (χ4v) is 3.64. The molecule has 2 fully saturated rings. The third-order valence-electron chi connectivity index (χ3n) is 5.40. The lowest BCUT2D eigenvalue weighted by atomic mass is 9.74. The number of carbonyl (C=O) groups is 1. The lowest BCUT2D eigenvalue weighted by Crippen LogP contribution is -2.45. The standard InChI is InChI=1S/C17H20N2O6/c20-16(12-8-13(12)19(21)22)18-9-17(3-5-23-6-4-17)11-1-2-14-15(7-11)25-10-24-14/h1-2,7,12-13H,3-6,8-10H2,(H,18,20)/t12-,13-/m1/s1. The monoisotopic (exact) mass is 348 g/mol. The minimum absolute atomic E-state index is 0.218. The van der Waals surface area contributed by atoms with E-state index in [0.717, 1.165) is 24.2 Å². The van der Waals surface area contributed by atoms with E-state index in [4.69, 9.17) is 14.2 Å². The Morgan fingerprint density at radius 3 is 2.76 bits per heavy atom. The highest BCUT2D eigenvalue weighted by Crippen LogP contribution is 2.41. The lowest BCUT2D eigenvalue weighted by Gasteiger charge is -2.38. The molecule has 1 N–H and O–H groups in total. The number of benzene rings is 1. The van der Waals surface area contributed by atoms with Crippen LogP contribution in [-0.2, 0) is 14.9 Å². The first-order valence-electron chi connectivity index (χ1n) is 8.48. The van der Waals surface area contributed by atoms with Crippen molar-refractivity contribution in [2.75, 3.05) is 26.6 Å². The van der Waals surface area contributed by atoms with Crippen LogP contribution in [0.4, 0.5) is 0 Å². The summed E-state index contributed by atoms with van der Waals surface area (Å²) >= 11 is 0. The summed E-state index contributed by atoms with van der Waals surface area (Å²) in [4.78, 5) is 22.6. The molecule has 1 aromatic rings. The van der Waals surface area contributed by atoms with Crippen molar-refractivity contribution in [2.45, 2.75) is 30.7 Å². The van der Waals surface area contributed by atoms with Crippen molar-refractivity contribution >= 4 is 5.91 Å². The Balaban J connectivity index is 1.50. The van der Waals surface area contributed by atoms with Crippen LogP contribution in [0.25, 0.3) is 0 Å². The number of hydrogen-bond donors (Lipinski definition) is 1. The van der Waals surface area contributed by atoms with E-state index in [1.807, 2.05) is 18.2 Å². The number of carbonyl (C=O) groups excluding carboxylic acids is 1. The maximum absolute atomic E-state index is 12.2. The molecule has 3 aliphatic rings. The third kappa shape index (κ3) is 3.02.